The minimum absolute atomic E-state index is 0.0240. The normalized spacial score (nSPS) is 20.8. The van der Waals surface area contributed by atoms with E-state index in [4.69, 9.17) is 0 Å². The molecule has 0 fully saturated rings. The number of alkyl halides is 3. The number of rotatable bonds is 4. The first-order chi connectivity index (χ1) is 11.5. The van der Waals surface area contributed by atoms with Crippen molar-refractivity contribution in [2.75, 3.05) is 0 Å². The fourth-order valence-electron chi connectivity index (χ4n) is 2.51. The Hall–Kier alpha value is -2.49. The monoisotopic (exact) mass is 359 g/mol. The van der Waals surface area contributed by atoms with E-state index >= 15 is 0 Å². The molecule has 136 valence electrons. The van der Waals surface area contributed by atoms with Crippen molar-refractivity contribution < 1.29 is 28.0 Å². The van der Waals surface area contributed by atoms with E-state index in [1.54, 1.807) is 13.8 Å². The molecule has 7 nitrogen and oxygen atoms in total. The first-order valence-corrected chi connectivity index (χ1v) is 7.40. The lowest BCUT2D eigenvalue weighted by Crippen LogP contribution is -2.56. The standard InChI is InChI=1S/C15H16F3N3O4/c1-9(2)6-11-8-14(23,15(16,17)18)20(19-11)13(22)10-4-3-5-12(7-10)21(24)25/h3-5,7,9,23H,6,8H2,1-2H3/t14-/m0/s1. The zero-order chi connectivity index (χ0) is 19.0. The van der Waals surface area contributed by atoms with Crippen LogP contribution >= 0.6 is 0 Å². The van der Waals surface area contributed by atoms with Crippen LogP contribution in [0.2, 0.25) is 0 Å². The van der Waals surface area contributed by atoms with Crippen LogP contribution in [0.3, 0.4) is 0 Å². The lowest BCUT2D eigenvalue weighted by Gasteiger charge is -2.32. The second kappa shape index (κ2) is 6.43. The number of non-ortho nitro benzene ring substituents is 1. The molecule has 1 aromatic rings. The molecule has 0 spiro atoms. The number of hydrogen-bond acceptors (Lipinski definition) is 5. The molecule has 0 radical (unpaired) electrons. The molecule has 1 heterocycles. The summed E-state index contributed by atoms with van der Waals surface area (Å²) < 4.78 is 40.1. The molecule has 10 heteroatoms. The fraction of sp³-hybridized carbons (Fsp3) is 0.467. The van der Waals surface area contributed by atoms with Crippen LogP contribution in [0, 0.1) is 16.0 Å². The van der Waals surface area contributed by atoms with E-state index in [1.165, 1.54) is 6.07 Å². The minimum atomic E-state index is -5.13. The highest BCUT2D eigenvalue weighted by Gasteiger charge is 2.63. The van der Waals surface area contributed by atoms with Gasteiger partial charge in [0.15, 0.2) is 0 Å². The van der Waals surface area contributed by atoms with E-state index in [9.17, 15) is 33.2 Å². The Labute approximate surface area is 140 Å². The number of nitro benzene ring substituents is 1. The summed E-state index contributed by atoms with van der Waals surface area (Å²) in [6.07, 6.45) is -5.81. The van der Waals surface area contributed by atoms with Crippen molar-refractivity contribution in [3.63, 3.8) is 0 Å². The number of carbonyl (C=O) groups is 1. The van der Waals surface area contributed by atoms with Gasteiger partial charge in [-0.05, 0) is 18.4 Å². The smallest absolute Gasteiger partial charge is 0.362 e. The van der Waals surface area contributed by atoms with E-state index in [0.29, 0.717) is 0 Å². The maximum Gasteiger partial charge on any atom is 0.438 e. The summed E-state index contributed by atoms with van der Waals surface area (Å²) in [7, 11) is 0. The summed E-state index contributed by atoms with van der Waals surface area (Å²) in [5, 5.41) is 24.5. The summed E-state index contributed by atoms with van der Waals surface area (Å²) in [6.45, 7) is 3.53. The third kappa shape index (κ3) is 3.63. The molecule has 1 atom stereocenters. The van der Waals surface area contributed by atoms with Gasteiger partial charge in [0.25, 0.3) is 17.3 Å². The largest absolute Gasteiger partial charge is 0.438 e. The van der Waals surface area contributed by atoms with Gasteiger partial charge in [-0.2, -0.15) is 23.3 Å². The molecule has 0 aliphatic carbocycles. The lowest BCUT2D eigenvalue weighted by atomic mass is 9.99. The summed E-state index contributed by atoms with van der Waals surface area (Å²) >= 11 is 0. The Morgan fingerprint density at radius 1 is 1.48 bits per heavy atom. The molecule has 1 amide bonds. The number of hydrazone groups is 1. The number of nitro groups is 1. The number of aliphatic hydroxyl groups is 1. The van der Waals surface area contributed by atoms with Crippen LogP contribution in [0.4, 0.5) is 18.9 Å². The van der Waals surface area contributed by atoms with Crippen LogP contribution in [-0.4, -0.2) is 38.6 Å². The Balaban J connectivity index is 2.44. The van der Waals surface area contributed by atoms with Crippen LogP contribution in [0.5, 0.6) is 0 Å². The fourth-order valence-corrected chi connectivity index (χ4v) is 2.51. The van der Waals surface area contributed by atoms with Crippen LogP contribution < -0.4 is 0 Å². The Morgan fingerprint density at radius 2 is 2.12 bits per heavy atom. The van der Waals surface area contributed by atoms with Gasteiger partial charge in [-0.25, -0.2) is 0 Å². The van der Waals surface area contributed by atoms with Gasteiger partial charge >= 0.3 is 6.18 Å². The first-order valence-electron chi connectivity index (χ1n) is 7.40. The second-order valence-electron chi connectivity index (χ2n) is 6.18. The second-order valence-corrected chi connectivity index (χ2v) is 6.18. The zero-order valence-electron chi connectivity index (χ0n) is 13.4. The van der Waals surface area contributed by atoms with E-state index < -0.39 is 34.8 Å². The quantitative estimate of drug-likeness (QED) is 0.660. The molecular weight excluding hydrogens is 343 g/mol. The zero-order valence-corrected chi connectivity index (χ0v) is 13.4. The number of amides is 1. The van der Waals surface area contributed by atoms with Gasteiger partial charge in [0.1, 0.15) is 0 Å². The molecule has 25 heavy (non-hydrogen) atoms. The van der Waals surface area contributed by atoms with Gasteiger partial charge in [0.2, 0.25) is 0 Å². The molecule has 0 aromatic heterocycles. The minimum Gasteiger partial charge on any atom is -0.362 e. The van der Waals surface area contributed by atoms with Crippen molar-refractivity contribution in [2.24, 2.45) is 11.0 Å². The highest BCUT2D eigenvalue weighted by atomic mass is 19.4. The van der Waals surface area contributed by atoms with Crippen molar-refractivity contribution in [1.29, 1.82) is 0 Å². The van der Waals surface area contributed by atoms with Crippen LogP contribution in [-0.2, 0) is 0 Å². The van der Waals surface area contributed by atoms with Crippen molar-refractivity contribution >= 4 is 17.3 Å². The van der Waals surface area contributed by atoms with Crippen molar-refractivity contribution in [3.05, 3.63) is 39.9 Å². The molecule has 0 bridgehead atoms. The van der Waals surface area contributed by atoms with Gasteiger partial charge < -0.3 is 5.11 Å². The Morgan fingerprint density at radius 3 is 2.64 bits per heavy atom. The third-order valence-electron chi connectivity index (χ3n) is 3.64. The van der Waals surface area contributed by atoms with E-state index in [2.05, 4.69) is 5.10 Å². The summed E-state index contributed by atoms with van der Waals surface area (Å²) in [5.41, 5.74) is -4.26. The van der Waals surface area contributed by atoms with Crippen molar-refractivity contribution in [2.45, 2.75) is 38.6 Å². The molecule has 1 aliphatic heterocycles. The molecule has 1 aliphatic rings. The Bertz CT molecular complexity index is 733. The van der Waals surface area contributed by atoms with Crippen LogP contribution in [0.25, 0.3) is 0 Å². The van der Waals surface area contributed by atoms with Gasteiger partial charge in [0, 0.05) is 29.8 Å². The van der Waals surface area contributed by atoms with Gasteiger partial charge in [-0.3, -0.25) is 14.9 Å². The number of nitrogens with zero attached hydrogens (tertiary/aromatic N) is 3. The van der Waals surface area contributed by atoms with Crippen molar-refractivity contribution in [3.8, 4) is 0 Å². The Kier molecular flexibility index (Phi) is 4.85. The SMILES string of the molecule is CC(C)CC1=NN(C(=O)c2cccc([N+](=O)[O-])c2)[C@@](O)(C(F)(F)F)C1. The molecule has 2 rings (SSSR count). The molecule has 0 saturated carbocycles. The van der Waals surface area contributed by atoms with Gasteiger partial charge in [0.05, 0.1) is 4.92 Å². The van der Waals surface area contributed by atoms with E-state index in [-0.39, 0.29) is 28.6 Å². The van der Waals surface area contributed by atoms with Crippen molar-refractivity contribution in [1.82, 2.24) is 5.01 Å². The number of benzene rings is 1. The number of hydrogen-bond donors (Lipinski definition) is 1. The number of carbonyl (C=O) groups excluding carboxylic acids is 1. The van der Waals surface area contributed by atoms with Crippen LogP contribution in [0.1, 0.15) is 37.0 Å². The maximum absolute atomic E-state index is 13.4. The summed E-state index contributed by atoms with van der Waals surface area (Å²) in [6, 6.07) is 4.24. The molecule has 1 aromatic carbocycles. The van der Waals surface area contributed by atoms with Gasteiger partial charge in [-0.1, -0.05) is 19.9 Å². The maximum atomic E-state index is 13.4. The highest BCUT2D eigenvalue weighted by Crippen LogP contribution is 2.41. The summed E-state index contributed by atoms with van der Waals surface area (Å²) in [4.78, 5) is 22.5. The highest BCUT2D eigenvalue weighted by molar-refractivity contribution is 5.98. The van der Waals surface area contributed by atoms with E-state index in [1.807, 2.05) is 0 Å². The topological polar surface area (TPSA) is 96.0 Å². The molecular formula is C15H16F3N3O4. The molecule has 0 unspecified atom stereocenters. The number of halogens is 3. The average Bonchev–Trinajstić information content (AvgIpc) is 2.83. The van der Waals surface area contributed by atoms with Gasteiger partial charge in [-0.15, -0.1) is 0 Å². The molecule has 0 saturated heterocycles. The van der Waals surface area contributed by atoms with Crippen LogP contribution in [0.15, 0.2) is 29.4 Å². The predicted octanol–water partition coefficient (Wildman–Crippen LogP) is 3.09. The summed E-state index contributed by atoms with van der Waals surface area (Å²) in [5.74, 6) is -1.29. The van der Waals surface area contributed by atoms with E-state index in [0.717, 1.165) is 18.2 Å². The third-order valence-corrected chi connectivity index (χ3v) is 3.64. The predicted molar refractivity (Wildman–Crippen MR) is 81.8 cm³/mol. The lowest BCUT2D eigenvalue weighted by molar-refractivity contribution is -0.384. The molecule has 1 N–H and O–H groups in total. The first kappa shape index (κ1) is 18.8. The average molecular weight is 359 g/mol.